The molecule has 0 radical (unpaired) electrons. The van der Waals surface area contributed by atoms with Gasteiger partial charge in [0.1, 0.15) is 5.60 Å². The van der Waals surface area contributed by atoms with Crippen LogP contribution in [-0.4, -0.2) is 47.7 Å². The molecule has 0 aromatic heterocycles. The van der Waals surface area contributed by atoms with Gasteiger partial charge in [0.15, 0.2) is 0 Å². The summed E-state index contributed by atoms with van der Waals surface area (Å²) in [5, 5.41) is 0. The lowest BCUT2D eigenvalue weighted by atomic mass is 9.71. The SMILES string of the molecule is C=C/C=C(\C(N)=C/C)N1CC2(CCN(C(=O)OC(C)(C)C)CC2)C1. The van der Waals surface area contributed by atoms with Crippen molar-refractivity contribution in [3.63, 3.8) is 0 Å². The molecule has 2 N–H and O–H groups in total. The molecule has 2 aliphatic heterocycles. The molecule has 2 aliphatic rings. The Bertz CT molecular complexity index is 541. The molecule has 0 bridgehead atoms. The molecule has 0 aromatic carbocycles. The summed E-state index contributed by atoms with van der Waals surface area (Å²) in [5.41, 5.74) is 7.78. The van der Waals surface area contributed by atoms with Crippen LogP contribution in [0.15, 0.2) is 36.2 Å². The van der Waals surface area contributed by atoms with E-state index in [1.54, 1.807) is 6.08 Å². The Balaban J connectivity index is 1.89. The fourth-order valence-electron chi connectivity index (χ4n) is 3.38. The quantitative estimate of drug-likeness (QED) is 0.806. The average Bonchev–Trinajstić information content (AvgIpc) is 2.48. The Morgan fingerprint density at radius 3 is 2.25 bits per heavy atom. The Morgan fingerprint density at radius 2 is 1.79 bits per heavy atom. The van der Waals surface area contributed by atoms with Gasteiger partial charge < -0.3 is 20.3 Å². The summed E-state index contributed by atoms with van der Waals surface area (Å²) in [6.07, 6.45) is 7.50. The van der Waals surface area contributed by atoms with Crippen LogP contribution in [-0.2, 0) is 4.74 Å². The zero-order valence-corrected chi connectivity index (χ0v) is 15.5. The number of nitrogens with zero attached hydrogens (tertiary/aromatic N) is 2. The lowest BCUT2D eigenvalue weighted by Gasteiger charge is -2.55. The molecule has 1 spiro atoms. The maximum atomic E-state index is 12.2. The van der Waals surface area contributed by atoms with E-state index in [1.807, 2.05) is 44.7 Å². The van der Waals surface area contributed by atoms with Crippen LogP contribution in [0, 0.1) is 5.41 Å². The maximum Gasteiger partial charge on any atom is 0.410 e. The number of rotatable bonds is 3. The monoisotopic (exact) mass is 333 g/mol. The number of nitrogens with two attached hydrogens (primary N) is 1. The molecule has 2 rings (SSSR count). The lowest BCUT2D eigenvalue weighted by Crippen LogP contribution is -2.60. The van der Waals surface area contributed by atoms with Crippen molar-refractivity contribution >= 4 is 6.09 Å². The minimum atomic E-state index is -0.437. The van der Waals surface area contributed by atoms with Gasteiger partial charge in [-0.3, -0.25) is 0 Å². The van der Waals surface area contributed by atoms with Crippen molar-refractivity contribution in [2.75, 3.05) is 26.2 Å². The molecule has 2 heterocycles. The van der Waals surface area contributed by atoms with Gasteiger partial charge in [-0.15, -0.1) is 0 Å². The van der Waals surface area contributed by atoms with Crippen molar-refractivity contribution in [3.05, 3.63) is 36.2 Å². The molecule has 0 aliphatic carbocycles. The summed E-state index contributed by atoms with van der Waals surface area (Å²) in [7, 11) is 0. The molecule has 0 atom stereocenters. The number of piperidine rings is 1. The highest BCUT2D eigenvalue weighted by molar-refractivity contribution is 5.68. The van der Waals surface area contributed by atoms with Crippen LogP contribution in [0.1, 0.15) is 40.5 Å². The normalized spacial score (nSPS) is 21.5. The van der Waals surface area contributed by atoms with Crippen molar-refractivity contribution in [2.45, 2.75) is 46.1 Å². The first-order chi connectivity index (χ1) is 11.2. The van der Waals surface area contributed by atoms with Crippen LogP contribution >= 0.6 is 0 Å². The number of carbonyl (C=O) groups is 1. The van der Waals surface area contributed by atoms with Crippen molar-refractivity contribution in [2.24, 2.45) is 11.1 Å². The summed E-state index contributed by atoms with van der Waals surface area (Å²) in [5.74, 6) is 0. The molecule has 24 heavy (non-hydrogen) atoms. The van der Waals surface area contributed by atoms with E-state index in [-0.39, 0.29) is 6.09 Å². The number of likely N-dealkylation sites (tertiary alicyclic amines) is 2. The van der Waals surface area contributed by atoms with Crippen molar-refractivity contribution in [1.82, 2.24) is 9.80 Å². The Morgan fingerprint density at radius 1 is 1.21 bits per heavy atom. The average molecular weight is 333 g/mol. The van der Waals surface area contributed by atoms with Gasteiger partial charge in [-0.1, -0.05) is 18.7 Å². The first kappa shape index (κ1) is 18.4. The van der Waals surface area contributed by atoms with E-state index in [2.05, 4.69) is 11.5 Å². The number of amides is 1. The summed E-state index contributed by atoms with van der Waals surface area (Å²) >= 11 is 0. The van der Waals surface area contributed by atoms with Crippen molar-refractivity contribution < 1.29 is 9.53 Å². The second-order valence-corrected chi connectivity index (χ2v) is 7.86. The Hall–Kier alpha value is -1.91. The first-order valence-electron chi connectivity index (χ1n) is 8.67. The third-order valence-corrected chi connectivity index (χ3v) is 4.75. The highest BCUT2D eigenvalue weighted by atomic mass is 16.6. The summed E-state index contributed by atoms with van der Waals surface area (Å²) in [6, 6.07) is 0. The molecule has 0 aromatic rings. The summed E-state index contributed by atoms with van der Waals surface area (Å²) in [4.78, 5) is 16.3. The van der Waals surface area contributed by atoms with Gasteiger partial charge in [0.2, 0.25) is 0 Å². The third kappa shape index (κ3) is 4.13. The fraction of sp³-hybridized carbons (Fsp3) is 0.632. The largest absolute Gasteiger partial charge is 0.444 e. The van der Waals surface area contributed by atoms with Gasteiger partial charge in [-0.05, 0) is 46.6 Å². The van der Waals surface area contributed by atoms with E-state index in [0.717, 1.165) is 50.4 Å². The lowest BCUT2D eigenvalue weighted by molar-refractivity contribution is -0.0349. The molecule has 1 amide bonds. The molecule has 0 unspecified atom stereocenters. The van der Waals surface area contributed by atoms with Crippen LogP contribution in [0.2, 0.25) is 0 Å². The molecule has 0 saturated carbocycles. The van der Waals surface area contributed by atoms with Gasteiger partial charge in [0.25, 0.3) is 0 Å². The summed E-state index contributed by atoms with van der Waals surface area (Å²) < 4.78 is 5.47. The van der Waals surface area contributed by atoms with Gasteiger partial charge in [-0.25, -0.2) is 4.79 Å². The van der Waals surface area contributed by atoms with E-state index in [0.29, 0.717) is 5.41 Å². The molecule has 134 valence electrons. The third-order valence-electron chi connectivity index (χ3n) is 4.75. The Kier molecular flexibility index (Phi) is 5.31. The molecule has 5 nitrogen and oxygen atoms in total. The van der Waals surface area contributed by atoms with E-state index in [4.69, 9.17) is 10.5 Å². The van der Waals surface area contributed by atoms with Gasteiger partial charge in [0.05, 0.1) is 11.4 Å². The highest BCUT2D eigenvalue weighted by Gasteiger charge is 2.46. The predicted molar refractivity (Wildman–Crippen MR) is 97.3 cm³/mol. The molecule has 2 fully saturated rings. The number of hydrogen-bond donors (Lipinski definition) is 1. The van der Waals surface area contributed by atoms with E-state index >= 15 is 0 Å². The maximum absolute atomic E-state index is 12.2. The zero-order chi connectivity index (χ0) is 18.0. The van der Waals surface area contributed by atoms with Crippen LogP contribution in [0.4, 0.5) is 4.79 Å². The number of hydrogen-bond acceptors (Lipinski definition) is 4. The second-order valence-electron chi connectivity index (χ2n) is 7.86. The fourth-order valence-corrected chi connectivity index (χ4v) is 3.38. The zero-order valence-electron chi connectivity index (χ0n) is 15.5. The van der Waals surface area contributed by atoms with Crippen LogP contribution in [0.3, 0.4) is 0 Å². The van der Waals surface area contributed by atoms with Gasteiger partial charge >= 0.3 is 6.09 Å². The van der Waals surface area contributed by atoms with Crippen molar-refractivity contribution in [1.29, 1.82) is 0 Å². The van der Waals surface area contributed by atoms with E-state index < -0.39 is 5.60 Å². The Labute approximate surface area is 145 Å². The van der Waals surface area contributed by atoms with Gasteiger partial charge in [-0.2, -0.15) is 0 Å². The second kappa shape index (κ2) is 6.91. The standard InChI is InChI=1S/C19H31N3O2/c1-6-8-16(15(20)7-2)22-13-19(14-22)9-11-21(12-10-19)17(23)24-18(3,4)5/h6-8H,1,9-14,20H2,2-5H3/b15-7+,16-8+. The topological polar surface area (TPSA) is 58.8 Å². The number of allylic oxidation sites excluding steroid dienone is 3. The highest BCUT2D eigenvalue weighted by Crippen LogP contribution is 2.43. The number of carbonyl (C=O) groups excluding carboxylic acids is 1. The summed E-state index contributed by atoms with van der Waals surface area (Å²) in [6.45, 7) is 14.9. The minimum Gasteiger partial charge on any atom is -0.444 e. The first-order valence-corrected chi connectivity index (χ1v) is 8.67. The smallest absolute Gasteiger partial charge is 0.410 e. The van der Waals surface area contributed by atoms with Crippen LogP contribution in [0.5, 0.6) is 0 Å². The molecular formula is C19H31N3O2. The van der Waals surface area contributed by atoms with E-state index in [9.17, 15) is 4.79 Å². The van der Waals surface area contributed by atoms with Crippen molar-refractivity contribution in [3.8, 4) is 0 Å². The van der Waals surface area contributed by atoms with Gasteiger partial charge in [0, 0.05) is 31.6 Å². The number of ether oxygens (including phenoxy) is 1. The molecule has 5 heteroatoms. The minimum absolute atomic E-state index is 0.195. The van der Waals surface area contributed by atoms with Crippen LogP contribution < -0.4 is 5.73 Å². The molecular weight excluding hydrogens is 302 g/mol. The predicted octanol–water partition coefficient (Wildman–Crippen LogP) is 3.25. The van der Waals surface area contributed by atoms with E-state index in [1.165, 1.54) is 0 Å². The molecule has 2 saturated heterocycles. The van der Waals surface area contributed by atoms with Crippen LogP contribution in [0.25, 0.3) is 0 Å².